The van der Waals surface area contributed by atoms with Gasteiger partial charge in [0.05, 0.1) is 11.1 Å². The molecule has 0 unspecified atom stereocenters. The standard InChI is InChI=1S/C28H26ClNO4/c1-17-9-11-19(12-10-17)26(31)25-18(2)30(16-20-7-5-6-8-23(20)29)24-15-21(13-14-22(24)25)34-28(3,4)27(32)33/h5-15H,16H2,1-4H3,(H,32,33). The Hall–Kier alpha value is -3.57. The van der Waals surface area contributed by atoms with Gasteiger partial charge >= 0.3 is 5.97 Å². The van der Waals surface area contributed by atoms with Crippen molar-refractivity contribution in [3.05, 3.63) is 99.7 Å². The van der Waals surface area contributed by atoms with E-state index in [2.05, 4.69) is 0 Å². The van der Waals surface area contributed by atoms with Gasteiger partial charge in [-0.2, -0.15) is 0 Å². The van der Waals surface area contributed by atoms with Gasteiger partial charge in [0.15, 0.2) is 11.4 Å². The van der Waals surface area contributed by atoms with Gasteiger partial charge in [-0.25, -0.2) is 4.79 Å². The first-order valence-corrected chi connectivity index (χ1v) is 11.4. The Labute approximate surface area is 203 Å². The van der Waals surface area contributed by atoms with Crippen molar-refractivity contribution in [3.8, 4) is 5.75 Å². The summed E-state index contributed by atoms with van der Waals surface area (Å²) in [5, 5.41) is 10.9. The second-order valence-electron chi connectivity index (χ2n) is 8.93. The maximum absolute atomic E-state index is 13.6. The largest absolute Gasteiger partial charge is 0.478 e. The maximum Gasteiger partial charge on any atom is 0.347 e. The van der Waals surface area contributed by atoms with Crippen molar-refractivity contribution in [3.63, 3.8) is 0 Å². The molecule has 4 aromatic rings. The smallest absolute Gasteiger partial charge is 0.347 e. The number of aryl methyl sites for hydroxylation is 1. The fourth-order valence-corrected chi connectivity index (χ4v) is 4.19. The summed E-state index contributed by atoms with van der Waals surface area (Å²) in [4.78, 5) is 25.2. The number of aliphatic carboxylic acids is 1. The molecular formula is C28H26ClNO4. The zero-order chi connectivity index (χ0) is 24.6. The number of carboxylic acid groups (broad SMARTS) is 1. The van der Waals surface area contributed by atoms with Crippen LogP contribution in [0.4, 0.5) is 0 Å². The molecule has 5 nitrogen and oxygen atoms in total. The van der Waals surface area contributed by atoms with Crippen molar-refractivity contribution in [2.24, 2.45) is 0 Å². The van der Waals surface area contributed by atoms with Crippen LogP contribution in [0.5, 0.6) is 5.75 Å². The van der Waals surface area contributed by atoms with Gasteiger partial charge in [-0.05, 0) is 51.5 Å². The minimum Gasteiger partial charge on any atom is -0.478 e. The van der Waals surface area contributed by atoms with Crippen LogP contribution in [-0.2, 0) is 11.3 Å². The van der Waals surface area contributed by atoms with Crippen molar-refractivity contribution < 1.29 is 19.4 Å². The van der Waals surface area contributed by atoms with Crippen LogP contribution in [0.25, 0.3) is 10.9 Å². The molecule has 174 valence electrons. The molecule has 0 aliphatic heterocycles. The summed E-state index contributed by atoms with van der Waals surface area (Å²) in [5.41, 5.74) is 3.38. The summed E-state index contributed by atoms with van der Waals surface area (Å²) in [5.74, 6) is -0.724. The predicted octanol–water partition coefficient (Wildman–Crippen LogP) is 6.43. The molecule has 0 radical (unpaired) electrons. The highest BCUT2D eigenvalue weighted by molar-refractivity contribution is 6.31. The topological polar surface area (TPSA) is 68.5 Å². The Bertz CT molecular complexity index is 1400. The number of benzene rings is 3. The second-order valence-corrected chi connectivity index (χ2v) is 9.34. The van der Waals surface area contributed by atoms with Gasteiger partial charge in [0.25, 0.3) is 0 Å². The first-order chi connectivity index (χ1) is 16.1. The number of halogens is 1. The molecule has 0 aliphatic rings. The highest BCUT2D eigenvalue weighted by Crippen LogP contribution is 2.33. The van der Waals surface area contributed by atoms with Crippen molar-refractivity contribution in [1.82, 2.24) is 4.57 Å². The van der Waals surface area contributed by atoms with E-state index in [9.17, 15) is 14.7 Å². The summed E-state index contributed by atoms with van der Waals surface area (Å²) < 4.78 is 7.81. The third-order valence-electron chi connectivity index (χ3n) is 6.01. The van der Waals surface area contributed by atoms with Crippen molar-refractivity contribution >= 4 is 34.3 Å². The lowest BCUT2D eigenvalue weighted by Gasteiger charge is -2.21. The third-order valence-corrected chi connectivity index (χ3v) is 6.38. The lowest BCUT2D eigenvalue weighted by atomic mass is 9.99. The van der Waals surface area contributed by atoms with Crippen LogP contribution in [0.1, 0.15) is 46.6 Å². The van der Waals surface area contributed by atoms with Gasteiger partial charge in [0.2, 0.25) is 0 Å². The highest BCUT2D eigenvalue weighted by Gasteiger charge is 2.30. The molecule has 0 amide bonds. The first kappa shape index (κ1) is 23.6. The molecule has 0 bridgehead atoms. The average molecular weight is 476 g/mol. The van der Waals surface area contributed by atoms with Gasteiger partial charge in [0, 0.05) is 34.3 Å². The summed E-state index contributed by atoms with van der Waals surface area (Å²) in [6.45, 7) is 7.35. The Morgan fingerprint density at radius 2 is 1.68 bits per heavy atom. The van der Waals surface area contributed by atoms with Crippen LogP contribution in [-0.4, -0.2) is 27.0 Å². The van der Waals surface area contributed by atoms with Crippen LogP contribution in [0.3, 0.4) is 0 Å². The predicted molar refractivity (Wildman–Crippen MR) is 134 cm³/mol. The molecule has 0 saturated carbocycles. The van der Waals surface area contributed by atoms with E-state index in [4.69, 9.17) is 16.3 Å². The average Bonchev–Trinajstić information content (AvgIpc) is 3.05. The van der Waals surface area contributed by atoms with Crippen molar-refractivity contribution in [2.75, 3.05) is 0 Å². The SMILES string of the molecule is Cc1ccc(C(=O)c2c(C)n(Cc3ccccc3Cl)c3cc(OC(C)(C)C(=O)O)ccc23)cc1. The number of ether oxygens (including phenoxy) is 1. The molecule has 0 saturated heterocycles. The number of hydrogen-bond donors (Lipinski definition) is 1. The van der Waals surface area contributed by atoms with Gasteiger partial charge in [0.1, 0.15) is 5.75 Å². The molecule has 1 heterocycles. The number of hydrogen-bond acceptors (Lipinski definition) is 3. The van der Waals surface area contributed by atoms with Crippen LogP contribution >= 0.6 is 11.6 Å². The second kappa shape index (κ2) is 8.99. The minimum atomic E-state index is -1.40. The lowest BCUT2D eigenvalue weighted by molar-refractivity contribution is -0.152. The summed E-state index contributed by atoms with van der Waals surface area (Å²) in [6, 6.07) is 20.4. The van der Waals surface area contributed by atoms with Crippen molar-refractivity contribution in [1.29, 1.82) is 0 Å². The van der Waals surface area contributed by atoms with E-state index in [-0.39, 0.29) is 5.78 Å². The summed E-state index contributed by atoms with van der Waals surface area (Å²) in [6.07, 6.45) is 0. The molecular weight excluding hydrogens is 450 g/mol. The first-order valence-electron chi connectivity index (χ1n) is 11.0. The van der Waals surface area contributed by atoms with Gasteiger partial charge in [-0.3, -0.25) is 4.79 Å². The Kier molecular flexibility index (Phi) is 6.24. The molecule has 0 aliphatic carbocycles. The van der Waals surface area contributed by atoms with Gasteiger partial charge < -0.3 is 14.4 Å². The van der Waals surface area contributed by atoms with E-state index >= 15 is 0 Å². The number of carbonyl (C=O) groups is 2. The molecule has 1 aromatic heterocycles. The third kappa shape index (κ3) is 4.44. The van der Waals surface area contributed by atoms with Crippen LogP contribution in [0, 0.1) is 13.8 Å². The molecule has 6 heteroatoms. The number of aromatic nitrogens is 1. The zero-order valence-electron chi connectivity index (χ0n) is 19.6. The van der Waals surface area contributed by atoms with Crippen LogP contribution in [0.15, 0.2) is 66.7 Å². The number of ketones is 1. The molecule has 4 rings (SSSR count). The maximum atomic E-state index is 13.6. The lowest BCUT2D eigenvalue weighted by Crippen LogP contribution is -2.37. The molecule has 3 aromatic carbocycles. The Morgan fingerprint density at radius 3 is 2.32 bits per heavy atom. The summed E-state index contributed by atoms with van der Waals surface area (Å²) in [7, 11) is 0. The number of fused-ring (bicyclic) bond motifs is 1. The molecule has 0 atom stereocenters. The number of carboxylic acids is 1. The van der Waals surface area contributed by atoms with E-state index in [0.717, 1.165) is 27.7 Å². The van der Waals surface area contributed by atoms with E-state index < -0.39 is 11.6 Å². The molecule has 0 spiro atoms. The number of rotatable bonds is 7. The fraction of sp³-hybridized carbons (Fsp3) is 0.214. The zero-order valence-corrected chi connectivity index (χ0v) is 20.3. The number of carbonyl (C=O) groups excluding carboxylic acids is 1. The number of nitrogens with zero attached hydrogens (tertiary/aromatic N) is 1. The van der Waals surface area contributed by atoms with Gasteiger partial charge in [-0.15, -0.1) is 0 Å². The van der Waals surface area contributed by atoms with E-state index in [1.165, 1.54) is 13.8 Å². The van der Waals surface area contributed by atoms with Gasteiger partial charge in [-0.1, -0.05) is 59.6 Å². The molecule has 1 N–H and O–H groups in total. The minimum absolute atomic E-state index is 0.0695. The molecule has 0 fully saturated rings. The normalized spacial score (nSPS) is 11.6. The Morgan fingerprint density at radius 1 is 1.00 bits per heavy atom. The fourth-order valence-electron chi connectivity index (χ4n) is 4.00. The van der Waals surface area contributed by atoms with E-state index in [1.807, 2.05) is 73.0 Å². The van der Waals surface area contributed by atoms with Crippen LogP contribution < -0.4 is 4.74 Å². The van der Waals surface area contributed by atoms with E-state index in [0.29, 0.717) is 28.4 Å². The Balaban J connectivity index is 1.89. The highest BCUT2D eigenvalue weighted by atomic mass is 35.5. The monoisotopic (exact) mass is 475 g/mol. The van der Waals surface area contributed by atoms with E-state index in [1.54, 1.807) is 12.1 Å². The molecule has 34 heavy (non-hydrogen) atoms. The quantitative estimate of drug-likeness (QED) is 0.312. The van der Waals surface area contributed by atoms with Crippen LogP contribution in [0.2, 0.25) is 5.02 Å². The summed E-state index contributed by atoms with van der Waals surface area (Å²) >= 11 is 6.44. The van der Waals surface area contributed by atoms with Crippen molar-refractivity contribution in [2.45, 2.75) is 39.8 Å².